The molecule has 6 rings (SSSR count). The minimum absolute atomic E-state index is 0.174. The van der Waals surface area contributed by atoms with Gasteiger partial charge in [-0.1, -0.05) is 0 Å². The molecule has 2 aromatic heterocycles. The van der Waals surface area contributed by atoms with E-state index in [1.54, 1.807) is 0 Å². The van der Waals surface area contributed by atoms with E-state index in [9.17, 15) is 0 Å². The van der Waals surface area contributed by atoms with Gasteiger partial charge in [-0.15, -0.1) is 0 Å². The Kier molecular flexibility index (Phi) is 6.71. The monoisotopic (exact) mass is 548 g/mol. The van der Waals surface area contributed by atoms with Crippen molar-refractivity contribution in [3.63, 3.8) is 0 Å². The average Bonchev–Trinajstić information content (AvgIpc) is 3.55. The Morgan fingerprint density at radius 2 is 0.811 bits per heavy atom. The topological polar surface area (TPSA) is 61.4 Å². The molecule has 0 aliphatic carbocycles. The molecule has 0 radical (unpaired) electrons. The SMILES string of the molecule is c1ccc(Cn2nnc(-c3ccccc3)c2[Se]c2c(-c3ccccc3)nnn2Cc2ccccc2)cc1. The summed E-state index contributed by atoms with van der Waals surface area (Å²) in [6, 6.07) is 41.4. The van der Waals surface area contributed by atoms with Crippen molar-refractivity contribution in [1.82, 2.24) is 30.0 Å². The minimum atomic E-state index is -0.174. The number of rotatable bonds is 8. The van der Waals surface area contributed by atoms with Crippen LogP contribution in [0.3, 0.4) is 0 Å². The molecule has 6 aromatic rings. The van der Waals surface area contributed by atoms with Crippen LogP contribution in [0.15, 0.2) is 121 Å². The van der Waals surface area contributed by atoms with Gasteiger partial charge in [0.25, 0.3) is 0 Å². The second kappa shape index (κ2) is 10.7. The zero-order valence-electron chi connectivity index (χ0n) is 20.1. The summed E-state index contributed by atoms with van der Waals surface area (Å²) >= 11 is -0.174. The molecule has 7 heteroatoms. The second-order valence-electron chi connectivity index (χ2n) is 8.61. The summed E-state index contributed by atoms with van der Waals surface area (Å²) in [5, 5.41) is 18.5. The van der Waals surface area contributed by atoms with Gasteiger partial charge in [0.15, 0.2) is 0 Å². The molecule has 0 aliphatic rings. The second-order valence-corrected chi connectivity index (χ2v) is 10.7. The molecule has 0 atom stereocenters. The van der Waals surface area contributed by atoms with Crippen molar-refractivity contribution in [2.75, 3.05) is 0 Å². The van der Waals surface area contributed by atoms with Gasteiger partial charge in [-0.3, -0.25) is 0 Å². The summed E-state index contributed by atoms with van der Waals surface area (Å²) in [4.78, 5) is 0. The number of hydrogen-bond donors (Lipinski definition) is 0. The standard InChI is InChI=1S/C30H24N6Se/c1-5-13-23(14-6-1)21-35-29(27(31-33-35)25-17-9-3-10-18-25)37-30-28(26-19-11-4-12-20-26)32-34-36(30)22-24-15-7-2-8-16-24/h1-20H,21-22H2. The van der Waals surface area contributed by atoms with Gasteiger partial charge in [0.2, 0.25) is 0 Å². The van der Waals surface area contributed by atoms with Gasteiger partial charge >= 0.3 is 222 Å². The Morgan fingerprint density at radius 3 is 1.19 bits per heavy atom. The van der Waals surface area contributed by atoms with Gasteiger partial charge in [0, 0.05) is 0 Å². The first kappa shape index (κ1) is 23.1. The molecule has 6 nitrogen and oxygen atoms in total. The summed E-state index contributed by atoms with van der Waals surface area (Å²) in [6.45, 7) is 1.30. The molecule has 0 fully saturated rings. The molecule has 37 heavy (non-hydrogen) atoms. The third kappa shape index (κ3) is 5.14. The van der Waals surface area contributed by atoms with Gasteiger partial charge in [-0.2, -0.15) is 0 Å². The number of hydrogen-bond acceptors (Lipinski definition) is 4. The van der Waals surface area contributed by atoms with E-state index < -0.39 is 0 Å². The van der Waals surface area contributed by atoms with Crippen LogP contribution in [-0.2, 0) is 13.1 Å². The van der Waals surface area contributed by atoms with E-state index in [-0.39, 0.29) is 15.0 Å². The fourth-order valence-electron chi connectivity index (χ4n) is 4.18. The van der Waals surface area contributed by atoms with Crippen LogP contribution in [0.25, 0.3) is 22.5 Å². The van der Waals surface area contributed by atoms with Gasteiger partial charge in [-0.25, -0.2) is 0 Å². The fraction of sp³-hybridized carbons (Fsp3) is 0.0667. The van der Waals surface area contributed by atoms with Crippen molar-refractivity contribution < 1.29 is 0 Å². The van der Waals surface area contributed by atoms with E-state index in [1.165, 1.54) is 11.1 Å². The Hall–Kier alpha value is -4.32. The van der Waals surface area contributed by atoms with Crippen molar-refractivity contribution in [2.45, 2.75) is 13.1 Å². The van der Waals surface area contributed by atoms with E-state index in [2.05, 4.69) is 93.4 Å². The molecule has 180 valence electrons. The Balaban J connectivity index is 1.47. The van der Waals surface area contributed by atoms with Crippen LogP contribution in [0.4, 0.5) is 0 Å². The van der Waals surface area contributed by atoms with Gasteiger partial charge in [0.05, 0.1) is 0 Å². The maximum atomic E-state index is 4.66. The van der Waals surface area contributed by atoms with Crippen molar-refractivity contribution in [1.29, 1.82) is 0 Å². The Labute approximate surface area is 221 Å². The normalized spacial score (nSPS) is 11.0. The van der Waals surface area contributed by atoms with Crippen molar-refractivity contribution >= 4 is 24.1 Å². The predicted molar refractivity (Wildman–Crippen MR) is 147 cm³/mol. The van der Waals surface area contributed by atoms with Crippen molar-refractivity contribution in [2.24, 2.45) is 0 Å². The molecule has 0 saturated heterocycles. The first-order chi connectivity index (χ1) is 18.3. The molecule has 4 aromatic carbocycles. The third-order valence-electron chi connectivity index (χ3n) is 6.02. The molecule has 0 N–H and O–H groups in total. The van der Waals surface area contributed by atoms with Crippen LogP contribution < -0.4 is 9.18 Å². The molecule has 2 heterocycles. The zero-order valence-corrected chi connectivity index (χ0v) is 21.8. The summed E-state index contributed by atoms with van der Waals surface area (Å²) in [7, 11) is 0. The number of nitrogens with zero attached hydrogens (tertiary/aromatic N) is 6. The molecule has 0 saturated carbocycles. The van der Waals surface area contributed by atoms with E-state index >= 15 is 0 Å². The van der Waals surface area contributed by atoms with Crippen LogP contribution in [0.5, 0.6) is 0 Å². The molecular formula is C30H24N6Se. The fourth-order valence-corrected chi connectivity index (χ4v) is 6.50. The van der Waals surface area contributed by atoms with Crippen LogP contribution in [0.1, 0.15) is 11.1 Å². The van der Waals surface area contributed by atoms with E-state index in [0.29, 0.717) is 13.1 Å². The summed E-state index contributed by atoms with van der Waals surface area (Å²) in [6.07, 6.45) is 0. The zero-order chi connectivity index (χ0) is 24.9. The van der Waals surface area contributed by atoms with Crippen LogP contribution in [0.2, 0.25) is 0 Å². The molecule has 0 unspecified atom stereocenters. The molecule has 0 aliphatic heterocycles. The maximum absolute atomic E-state index is 4.66. The first-order valence-corrected chi connectivity index (χ1v) is 13.8. The quantitative estimate of drug-likeness (QED) is 0.271. The Bertz CT molecular complexity index is 1460. The van der Waals surface area contributed by atoms with E-state index in [4.69, 9.17) is 0 Å². The summed E-state index contributed by atoms with van der Waals surface area (Å²) in [5.41, 5.74) is 6.29. The third-order valence-corrected chi connectivity index (χ3v) is 8.52. The molecule has 0 amide bonds. The first-order valence-electron chi connectivity index (χ1n) is 12.1. The average molecular weight is 548 g/mol. The molecule has 0 spiro atoms. The van der Waals surface area contributed by atoms with Crippen molar-refractivity contribution in [3.05, 3.63) is 132 Å². The van der Waals surface area contributed by atoms with Gasteiger partial charge in [0.1, 0.15) is 0 Å². The van der Waals surface area contributed by atoms with Gasteiger partial charge < -0.3 is 0 Å². The number of aromatic nitrogens is 6. The van der Waals surface area contributed by atoms with Crippen molar-refractivity contribution in [3.8, 4) is 22.5 Å². The Morgan fingerprint density at radius 1 is 0.459 bits per heavy atom. The molecular weight excluding hydrogens is 523 g/mol. The van der Waals surface area contributed by atoms with Crippen LogP contribution in [0, 0.1) is 0 Å². The summed E-state index contributed by atoms with van der Waals surface area (Å²) in [5.74, 6) is 0. The number of benzene rings is 4. The predicted octanol–water partition coefficient (Wildman–Crippen LogP) is 3.96. The molecule has 0 bridgehead atoms. The van der Waals surface area contributed by atoms with Gasteiger partial charge in [-0.05, 0) is 0 Å². The van der Waals surface area contributed by atoms with Crippen LogP contribution in [-0.4, -0.2) is 44.9 Å². The summed E-state index contributed by atoms with van der Waals surface area (Å²) < 4.78 is 6.26. The van der Waals surface area contributed by atoms with Crippen LogP contribution >= 0.6 is 0 Å². The van der Waals surface area contributed by atoms with E-state index in [0.717, 1.165) is 31.7 Å². The van der Waals surface area contributed by atoms with E-state index in [1.807, 2.05) is 57.9 Å².